The molecule has 1 saturated heterocycles. The van der Waals surface area contributed by atoms with E-state index in [1.807, 2.05) is 0 Å². The summed E-state index contributed by atoms with van der Waals surface area (Å²) in [6.07, 6.45) is 0. The average Bonchev–Trinajstić information content (AvgIpc) is 1.61. The number of rotatable bonds is 1. The van der Waals surface area contributed by atoms with E-state index in [0.29, 0.717) is 6.54 Å². The highest BCUT2D eigenvalue weighted by Gasteiger charge is 2.43. The summed E-state index contributed by atoms with van der Waals surface area (Å²) in [4.78, 5) is 0. The quantitative estimate of drug-likeness (QED) is 0.529. The second-order valence-corrected chi connectivity index (χ2v) is 4.80. The molecular formula is C5H10NO2S. The van der Waals surface area contributed by atoms with Gasteiger partial charge in [-0.1, -0.05) is 0 Å². The Kier molecular flexibility index (Phi) is 1.33. The van der Waals surface area contributed by atoms with E-state index in [0.717, 1.165) is 0 Å². The molecule has 0 aromatic carbocycles. The molecule has 9 heavy (non-hydrogen) atoms. The van der Waals surface area contributed by atoms with Gasteiger partial charge in [-0.3, -0.25) is 0 Å². The fraction of sp³-hybridized carbons (Fsp3) is 0.800. The third kappa shape index (κ3) is 1.24. The summed E-state index contributed by atoms with van der Waals surface area (Å²) in [6.45, 7) is 4.05. The lowest BCUT2D eigenvalue weighted by Gasteiger charge is -2.35. The molecule has 1 aliphatic rings. The summed E-state index contributed by atoms with van der Waals surface area (Å²) in [5.41, 5.74) is 4.90. The van der Waals surface area contributed by atoms with Crippen LogP contribution in [0.5, 0.6) is 0 Å². The predicted molar refractivity (Wildman–Crippen MR) is 35.5 cm³/mol. The number of nitrogens with two attached hydrogens (primary N) is 1. The van der Waals surface area contributed by atoms with Gasteiger partial charge in [0.25, 0.3) is 0 Å². The van der Waals surface area contributed by atoms with Crippen molar-refractivity contribution in [1.29, 1.82) is 0 Å². The van der Waals surface area contributed by atoms with Crippen LogP contribution in [0.25, 0.3) is 0 Å². The van der Waals surface area contributed by atoms with Crippen LogP contribution >= 0.6 is 0 Å². The topological polar surface area (TPSA) is 60.2 Å². The van der Waals surface area contributed by atoms with E-state index in [1.165, 1.54) is 0 Å². The molecule has 1 radical (unpaired) electrons. The fourth-order valence-electron chi connectivity index (χ4n) is 1.01. The van der Waals surface area contributed by atoms with Crippen molar-refractivity contribution in [2.24, 2.45) is 11.1 Å². The van der Waals surface area contributed by atoms with Gasteiger partial charge in [0.05, 0.1) is 11.5 Å². The molecule has 0 amide bonds. The van der Waals surface area contributed by atoms with Gasteiger partial charge >= 0.3 is 0 Å². The predicted octanol–water partition coefficient (Wildman–Crippen LogP) is -0.806. The van der Waals surface area contributed by atoms with Gasteiger partial charge in [0, 0.05) is 5.41 Å². The summed E-state index contributed by atoms with van der Waals surface area (Å²) < 4.78 is 21.1. The normalized spacial score (nSPS) is 29.1. The van der Waals surface area contributed by atoms with Crippen LogP contribution in [0, 0.1) is 12.3 Å². The Bertz CT molecular complexity index is 195. The molecule has 4 heteroatoms. The zero-order valence-electron chi connectivity index (χ0n) is 5.13. The van der Waals surface area contributed by atoms with E-state index in [2.05, 4.69) is 6.92 Å². The van der Waals surface area contributed by atoms with Gasteiger partial charge in [-0.25, -0.2) is 8.42 Å². The lowest BCUT2D eigenvalue weighted by atomic mass is 9.96. The molecule has 0 bridgehead atoms. The maximum atomic E-state index is 10.6. The maximum Gasteiger partial charge on any atom is 0.151 e. The average molecular weight is 148 g/mol. The van der Waals surface area contributed by atoms with Crippen LogP contribution in [0.4, 0.5) is 0 Å². The third-order valence-corrected chi connectivity index (χ3v) is 3.59. The van der Waals surface area contributed by atoms with E-state index in [9.17, 15) is 8.42 Å². The molecule has 0 unspecified atom stereocenters. The zero-order valence-corrected chi connectivity index (χ0v) is 5.95. The standard InChI is InChI=1S/C5H10NO2S/c1-5(2-6)3-9(7,8)4-5/h1-4,6H2. The first-order valence-electron chi connectivity index (χ1n) is 2.73. The zero-order chi connectivity index (χ0) is 7.12. The molecule has 3 nitrogen and oxygen atoms in total. The van der Waals surface area contributed by atoms with E-state index in [-0.39, 0.29) is 16.9 Å². The maximum absolute atomic E-state index is 10.6. The number of hydrogen-bond donors (Lipinski definition) is 1. The van der Waals surface area contributed by atoms with E-state index in [4.69, 9.17) is 5.73 Å². The molecular weight excluding hydrogens is 138 g/mol. The molecule has 1 heterocycles. The van der Waals surface area contributed by atoms with Gasteiger partial charge in [0.2, 0.25) is 0 Å². The largest absolute Gasteiger partial charge is 0.330 e. The molecule has 53 valence electrons. The lowest BCUT2D eigenvalue weighted by Crippen LogP contribution is -2.51. The Morgan fingerprint density at radius 1 is 1.56 bits per heavy atom. The highest BCUT2D eigenvalue weighted by atomic mass is 32.2. The molecule has 0 aliphatic carbocycles. The van der Waals surface area contributed by atoms with Crippen molar-refractivity contribution in [3.8, 4) is 0 Å². The molecule has 0 atom stereocenters. The van der Waals surface area contributed by atoms with Crippen molar-refractivity contribution in [3.05, 3.63) is 6.92 Å². The monoisotopic (exact) mass is 148 g/mol. The lowest BCUT2D eigenvalue weighted by molar-refractivity contribution is 0.429. The third-order valence-electron chi connectivity index (χ3n) is 1.49. The summed E-state index contributed by atoms with van der Waals surface area (Å²) >= 11 is 0. The summed E-state index contributed by atoms with van der Waals surface area (Å²) in [5.74, 6) is 0.326. The molecule has 1 fully saturated rings. The summed E-state index contributed by atoms with van der Waals surface area (Å²) in [6, 6.07) is 0. The van der Waals surface area contributed by atoms with Crippen LogP contribution in [0.1, 0.15) is 0 Å². The van der Waals surface area contributed by atoms with E-state index >= 15 is 0 Å². The van der Waals surface area contributed by atoms with Gasteiger partial charge in [-0.15, -0.1) is 0 Å². The molecule has 1 rings (SSSR count). The Labute approximate surface area is 55.2 Å². The molecule has 0 spiro atoms. The van der Waals surface area contributed by atoms with Crippen LogP contribution in [0.3, 0.4) is 0 Å². The van der Waals surface area contributed by atoms with Gasteiger partial charge in [-0.2, -0.15) is 0 Å². The number of sulfone groups is 1. The summed E-state index contributed by atoms with van der Waals surface area (Å²) in [5, 5.41) is 0. The van der Waals surface area contributed by atoms with Crippen molar-refractivity contribution in [3.63, 3.8) is 0 Å². The van der Waals surface area contributed by atoms with Crippen molar-refractivity contribution in [1.82, 2.24) is 0 Å². The molecule has 0 saturated carbocycles. The molecule has 0 aromatic heterocycles. The van der Waals surface area contributed by atoms with Crippen LogP contribution in [-0.2, 0) is 9.84 Å². The van der Waals surface area contributed by atoms with Gasteiger partial charge in [-0.05, 0) is 13.5 Å². The SMILES string of the molecule is [CH2]C1(CN)CS(=O)(=O)C1. The van der Waals surface area contributed by atoms with Crippen molar-refractivity contribution < 1.29 is 8.42 Å². The Morgan fingerprint density at radius 2 is 2.00 bits per heavy atom. The minimum atomic E-state index is -2.74. The van der Waals surface area contributed by atoms with Crippen molar-refractivity contribution in [2.45, 2.75) is 0 Å². The van der Waals surface area contributed by atoms with Crippen LogP contribution in [-0.4, -0.2) is 26.5 Å². The first-order valence-corrected chi connectivity index (χ1v) is 4.55. The van der Waals surface area contributed by atoms with Gasteiger partial charge in [0.1, 0.15) is 0 Å². The second kappa shape index (κ2) is 1.70. The van der Waals surface area contributed by atoms with E-state index < -0.39 is 9.84 Å². The first kappa shape index (κ1) is 7.02. The molecule has 2 N–H and O–H groups in total. The van der Waals surface area contributed by atoms with Gasteiger partial charge in [0.15, 0.2) is 9.84 Å². The Hall–Kier alpha value is -0.0900. The number of hydrogen-bond acceptors (Lipinski definition) is 3. The molecule has 0 aromatic rings. The minimum absolute atomic E-state index is 0.163. The smallest absolute Gasteiger partial charge is 0.151 e. The fourth-order valence-corrected chi connectivity index (χ4v) is 3.03. The Morgan fingerprint density at radius 3 is 2.11 bits per heavy atom. The van der Waals surface area contributed by atoms with Crippen LogP contribution in [0.15, 0.2) is 0 Å². The van der Waals surface area contributed by atoms with Crippen LogP contribution in [0.2, 0.25) is 0 Å². The Balaban J connectivity index is 2.61. The van der Waals surface area contributed by atoms with Crippen molar-refractivity contribution in [2.75, 3.05) is 18.1 Å². The van der Waals surface area contributed by atoms with E-state index in [1.54, 1.807) is 0 Å². The first-order chi connectivity index (χ1) is 3.97. The minimum Gasteiger partial charge on any atom is -0.330 e. The highest BCUT2D eigenvalue weighted by Crippen LogP contribution is 2.29. The summed E-state index contributed by atoms with van der Waals surface area (Å²) in [7, 11) is -2.74. The van der Waals surface area contributed by atoms with Crippen molar-refractivity contribution >= 4 is 9.84 Å². The highest BCUT2D eigenvalue weighted by molar-refractivity contribution is 7.92. The van der Waals surface area contributed by atoms with Crippen LogP contribution < -0.4 is 5.73 Å². The van der Waals surface area contributed by atoms with Gasteiger partial charge < -0.3 is 5.73 Å². The second-order valence-electron chi connectivity index (χ2n) is 2.74. The molecule has 1 aliphatic heterocycles.